The van der Waals surface area contributed by atoms with Crippen LogP contribution in [0.1, 0.15) is 38.1 Å². The lowest BCUT2D eigenvalue weighted by Crippen LogP contribution is -2.33. The first-order chi connectivity index (χ1) is 8.83. The third-order valence-electron chi connectivity index (χ3n) is 2.97. The van der Waals surface area contributed by atoms with E-state index >= 15 is 0 Å². The third kappa shape index (κ3) is 3.77. The predicted octanol–water partition coefficient (Wildman–Crippen LogP) is 0.959. The highest BCUT2D eigenvalue weighted by atomic mass is 32.2. The second-order valence-corrected chi connectivity index (χ2v) is 6.41. The Labute approximate surface area is 114 Å². The molecule has 0 spiro atoms. The Hall–Kier alpha value is -0.920. The van der Waals surface area contributed by atoms with E-state index in [9.17, 15) is 8.42 Å². The van der Waals surface area contributed by atoms with Gasteiger partial charge in [-0.2, -0.15) is 5.10 Å². The van der Waals surface area contributed by atoms with Gasteiger partial charge in [0.2, 0.25) is 10.0 Å². The molecule has 110 valence electrons. The maximum absolute atomic E-state index is 12.3. The third-order valence-corrected chi connectivity index (χ3v) is 4.81. The van der Waals surface area contributed by atoms with E-state index in [-0.39, 0.29) is 17.5 Å². The van der Waals surface area contributed by atoms with Gasteiger partial charge in [-0.15, -0.1) is 0 Å². The standard InChI is InChI=1S/C12H23N3O3S/c1-5-6-9(2)14-19(17,18)12-10(3)13-15(7-8-16)11(12)4/h9,14,16H,5-8H2,1-4H3. The van der Waals surface area contributed by atoms with E-state index in [0.717, 1.165) is 12.8 Å². The summed E-state index contributed by atoms with van der Waals surface area (Å²) in [6.07, 6.45) is 1.72. The number of aliphatic hydroxyl groups excluding tert-OH is 1. The van der Waals surface area contributed by atoms with Crippen molar-refractivity contribution in [1.82, 2.24) is 14.5 Å². The van der Waals surface area contributed by atoms with Crippen molar-refractivity contribution >= 4 is 10.0 Å². The van der Waals surface area contributed by atoms with Gasteiger partial charge in [-0.05, 0) is 27.2 Å². The summed E-state index contributed by atoms with van der Waals surface area (Å²) in [6.45, 7) is 7.47. The van der Waals surface area contributed by atoms with Gasteiger partial charge in [0.15, 0.2) is 0 Å². The second kappa shape index (κ2) is 6.49. The first-order valence-corrected chi connectivity index (χ1v) is 7.99. The normalized spacial score (nSPS) is 13.7. The Balaban J connectivity index is 3.08. The molecule has 0 radical (unpaired) electrons. The zero-order valence-corrected chi connectivity index (χ0v) is 12.8. The van der Waals surface area contributed by atoms with Gasteiger partial charge in [0, 0.05) is 6.04 Å². The monoisotopic (exact) mass is 289 g/mol. The molecule has 6 nitrogen and oxygen atoms in total. The Morgan fingerprint density at radius 1 is 1.42 bits per heavy atom. The number of nitrogens with one attached hydrogen (secondary N) is 1. The van der Waals surface area contributed by atoms with Crippen molar-refractivity contribution < 1.29 is 13.5 Å². The van der Waals surface area contributed by atoms with Gasteiger partial charge in [0.1, 0.15) is 4.90 Å². The number of nitrogens with zero attached hydrogens (tertiary/aromatic N) is 2. The molecular weight excluding hydrogens is 266 g/mol. The molecule has 0 aliphatic carbocycles. The highest BCUT2D eigenvalue weighted by molar-refractivity contribution is 7.89. The summed E-state index contributed by atoms with van der Waals surface area (Å²) in [5, 5.41) is 13.1. The molecule has 1 atom stereocenters. The van der Waals surface area contributed by atoms with Gasteiger partial charge in [-0.3, -0.25) is 4.68 Å². The molecule has 2 N–H and O–H groups in total. The molecule has 1 aromatic heterocycles. The summed E-state index contributed by atoms with van der Waals surface area (Å²) in [5.41, 5.74) is 1.02. The lowest BCUT2D eigenvalue weighted by atomic mass is 10.2. The molecule has 0 bridgehead atoms. The summed E-state index contributed by atoms with van der Waals surface area (Å²) in [7, 11) is -3.56. The van der Waals surface area contributed by atoms with Crippen LogP contribution in [0.15, 0.2) is 4.90 Å². The minimum atomic E-state index is -3.56. The maximum atomic E-state index is 12.3. The molecular formula is C12H23N3O3S. The molecule has 0 aliphatic heterocycles. The van der Waals surface area contributed by atoms with E-state index in [1.165, 1.54) is 4.68 Å². The number of hydrogen-bond donors (Lipinski definition) is 2. The van der Waals surface area contributed by atoms with Crippen LogP contribution in [-0.2, 0) is 16.6 Å². The van der Waals surface area contributed by atoms with Crippen molar-refractivity contribution in [1.29, 1.82) is 0 Å². The van der Waals surface area contributed by atoms with Gasteiger partial charge in [0.05, 0.1) is 24.5 Å². The quantitative estimate of drug-likeness (QED) is 0.783. The van der Waals surface area contributed by atoms with Crippen LogP contribution in [-0.4, -0.2) is 36.0 Å². The molecule has 0 aromatic carbocycles. The number of rotatable bonds is 7. The zero-order chi connectivity index (χ0) is 14.6. The van der Waals surface area contributed by atoms with Crippen molar-refractivity contribution in [2.24, 2.45) is 0 Å². The molecule has 1 unspecified atom stereocenters. The molecule has 7 heteroatoms. The number of sulfonamides is 1. The van der Waals surface area contributed by atoms with Gasteiger partial charge in [-0.25, -0.2) is 13.1 Å². The maximum Gasteiger partial charge on any atom is 0.244 e. The number of aliphatic hydroxyl groups is 1. The minimum absolute atomic E-state index is 0.0683. The van der Waals surface area contributed by atoms with E-state index in [0.29, 0.717) is 17.9 Å². The van der Waals surface area contributed by atoms with Crippen LogP contribution in [0.5, 0.6) is 0 Å². The van der Waals surface area contributed by atoms with Crippen molar-refractivity contribution in [2.45, 2.75) is 58.0 Å². The molecule has 1 rings (SSSR count). The van der Waals surface area contributed by atoms with E-state index in [1.54, 1.807) is 13.8 Å². The Morgan fingerprint density at radius 3 is 2.58 bits per heavy atom. The number of hydrogen-bond acceptors (Lipinski definition) is 4. The first-order valence-electron chi connectivity index (χ1n) is 6.50. The largest absolute Gasteiger partial charge is 0.394 e. The van der Waals surface area contributed by atoms with Crippen LogP contribution in [0.3, 0.4) is 0 Å². The van der Waals surface area contributed by atoms with Crippen molar-refractivity contribution in [3.05, 3.63) is 11.4 Å². The average molecular weight is 289 g/mol. The summed E-state index contributed by atoms with van der Waals surface area (Å²) in [4.78, 5) is 0.226. The highest BCUT2D eigenvalue weighted by Gasteiger charge is 2.25. The SMILES string of the molecule is CCCC(C)NS(=O)(=O)c1c(C)nn(CCO)c1C. The Kier molecular flexibility index (Phi) is 5.51. The van der Waals surface area contributed by atoms with Gasteiger partial charge < -0.3 is 5.11 Å². The zero-order valence-electron chi connectivity index (χ0n) is 12.0. The first kappa shape index (κ1) is 16.1. The second-order valence-electron chi connectivity index (χ2n) is 4.76. The summed E-state index contributed by atoms with van der Waals surface area (Å²) in [5.74, 6) is 0. The smallest absolute Gasteiger partial charge is 0.244 e. The van der Waals surface area contributed by atoms with Gasteiger partial charge in [0.25, 0.3) is 0 Å². The molecule has 0 amide bonds. The lowest BCUT2D eigenvalue weighted by molar-refractivity contribution is 0.267. The Bertz CT molecular complexity index is 523. The van der Waals surface area contributed by atoms with E-state index in [4.69, 9.17) is 5.11 Å². The molecule has 0 aliphatic rings. The highest BCUT2D eigenvalue weighted by Crippen LogP contribution is 2.19. The van der Waals surface area contributed by atoms with Gasteiger partial charge >= 0.3 is 0 Å². The van der Waals surface area contributed by atoms with E-state index < -0.39 is 10.0 Å². The van der Waals surface area contributed by atoms with Crippen LogP contribution >= 0.6 is 0 Å². The van der Waals surface area contributed by atoms with E-state index in [2.05, 4.69) is 9.82 Å². The fourth-order valence-electron chi connectivity index (χ4n) is 2.20. The van der Waals surface area contributed by atoms with Crippen LogP contribution in [0.2, 0.25) is 0 Å². The van der Waals surface area contributed by atoms with E-state index in [1.807, 2.05) is 13.8 Å². The molecule has 19 heavy (non-hydrogen) atoms. The van der Waals surface area contributed by atoms with Gasteiger partial charge in [-0.1, -0.05) is 13.3 Å². The fraction of sp³-hybridized carbons (Fsp3) is 0.750. The van der Waals surface area contributed by atoms with Crippen LogP contribution in [0.4, 0.5) is 0 Å². The summed E-state index contributed by atoms with van der Waals surface area (Å²) in [6, 6.07) is -0.102. The van der Waals surface area contributed by atoms with Crippen LogP contribution < -0.4 is 4.72 Å². The van der Waals surface area contributed by atoms with Crippen molar-refractivity contribution in [3.63, 3.8) is 0 Å². The molecule has 1 aromatic rings. The predicted molar refractivity (Wildman–Crippen MR) is 73.5 cm³/mol. The number of aromatic nitrogens is 2. The topological polar surface area (TPSA) is 84.2 Å². The van der Waals surface area contributed by atoms with Crippen LogP contribution in [0, 0.1) is 13.8 Å². The van der Waals surface area contributed by atoms with Crippen molar-refractivity contribution in [2.75, 3.05) is 6.61 Å². The van der Waals surface area contributed by atoms with Crippen molar-refractivity contribution in [3.8, 4) is 0 Å². The summed E-state index contributed by atoms with van der Waals surface area (Å²) >= 11 is 0. The average Bonchev–Trinajstić information content (AvgIpc) is 2.54. The molecule has 0 saturated heterocycles. The molecule has 0 fully saturated rings. The molecule has 0 saturated carbocycles. The van der Waals surface area contributed by atoms with Crippen LogP contribution in [0.25, 0.3) is 0 Å². The fourth-order valence-corrected chi connectivity index (χ4v) is 3.89. The summed E-state index contributed by atoms with van der Waals surface area (Å²) < 4.78 is 28.9. The Morgan fingerprint density at radius 2 is 2.05 bits per heavy atom. The minimum Gasteiger partial charge on any atom is -0.394 e. The lowest BCUT2D eigenvalue weighted by Gasteiger charge is -2.13. The number of aryl methyl sites for hydroxylation is 1. The molecule has 1 heterocycles.